The number of aliphatic hydroxyl groups excluding tert-OH is 1. The molecule has 1 aliphatic heterocycles. The molecular weight excluding hydrogens is 240 g/mol. The van der Waals surface area contributed by atoms with Crippen LogP contribution in [0.3, 0.4) is 0 Å². The number of allylic oxidation sites excluding steroid dienone is 1. The average Bonchev–Trinajstić information content (AvgIpc) is 2.35. The first-order chi connectivity index (χ1) is 8.86. The number of urea groups is 1. The highest BCUT2D eigenvalue weighted by molar-refractivity contribution is 5.75. The van der Waals surface area contributed by atoms with Crippen molar-refractivity contribution in [3.63, 3.8) is 0 Å². The molecular formula is C15H28N2O2. The van der Waals surface area contributed by atoms with Crippen LogP contribution in [-0.2, 0) is 0 Å². The van der Waals surface area contributed by atoms with E-state index in [4.69, 9.17) is 5.11 Å². The van der Waals surface area contributed by atoms with Crippen LogP contribution in [0.4, 0.5) is 4.79 Å². The number of carbonyl (C=O) groups excluding carboxylic acids is 1. The summed E-state index contributed by atoms with van der Waals surface area (Å²) in [5.74, 6) is 0. The van der Waals surface area contributed by atoms with Crippen LogP contribution in [0.5, 0.6) is 0 Å². The lowest BCUT2D eigenvalue weighted by Gasteiger charge is -2.35. The van der Waals surface area contributed by atoms with Gasteiger partial charge in [0, 0.05) is 25.4 Å². The second-order valence-electron chi connectivity index (χ2n) is 6.38. The zero-order chi connectivity index (χ0) is 14.5. The maximum atomic E-state index is 12.2. The molecule has 0 aliphatic carbocycles. The van der Waals surface area contributed by atoms with Crippen molar-refractivity contribution in [1.82, 2.24) is 10.2 Å². The summed E-state index contributed by atoms with van der Waals surface area (Å²) >= 11 is 0. The molecule has 1 saturated heterocycles. The third kappa shape index (κ3) is 4.86. The van der Waals surface area contributed by atoms with Crippen molar-refractivity contribution in [2.75, 3.05) is 13.2 Å². The molecule has 0 aromatic carbocycles. The number of likely N-dealkylation sites (tertiary alicyclic amines) is 1. The van der Waals surface area contributed by atoms with Crippen molar-refractivity contribution in [3.05, 3.63) is 11.8 Å². The van der Waals surface area contributed by atoms with Crippen LogP contribution in [-0.4, -0.2) is 35.2 Å². The van der Waals surface area contributed by atoms with Gasteiger partial charge in [-0.25, -0.2) is 4.79 Å². The van der Waals surface area contributed by atoms with Gasteiger partial charge in [-0.2, -0.15) is 0 Å². The first-order valence-corrected chi connectivity index (χ1v) is 7.21. The number of hydrogen-bond acceptors (Lipinski definition) is 2. The molecule has 4 heteroatoms. The minimum Gasteiger partial charge on any atom is -0.396 e. The normalized spacial score (nSPS) is 21.4. The van der Waals surface area contributed by atoms with Gasteiger partial charge < -0.3 is 15.3 Å². The molecule has 0 aromatic rings. The topological polar surface area (TPSA) is 52.6 Å². The standard InChI is InChI=1S/C15H28N2O2/c1-12(15(2,3)4)11-16-14(19)17-9-6-5-7-13(17)8-10-18/h11,13,18H,5-10H2,1-4H3,(H,16,19)/b12-11+. The molecule has 0 spiro atoms. The highest BCUT2D eigenvalue weighted by Crippen LogP contribution is 2.24. The third-order valence-corrected chi connectivity index (χ3v) is 3.95. The molecule has 19 heavy (non-hydrogen) atoms. The van der Waals surface area contributed by atoms with E-state index in [1.165, 1.54) is 0 Å². The smallest absolute Gasteiger partial charge is 0.321 e. The van der Waals surface area contributed by atoms with Crippen LogP contribution in [0.25, 0.3) is 0 Å². The van der Waals surface area contributed by atoms with Gasteiger partial charge >= 0.3 is 6.03 Å². The van der Waals surface area contributed by atoms with Crippen molar-refractivity contribution in [2.45, 2.75) is 59.4 Å². The van der Waals surface area contributed by atoms with Gasteiger partial charge in [0.15, 0.2) is 0 Å². The van der Waals surface area contributed by atoms with Crippen LogP contribution >= 0.6 is 0 Å². The predicted octanol–water partition coefficient (Wildman–Crippen LogP) is 2.88. The maximum absolute atomic E-state index is 12.2. The van der Waals surface area contributed by atoms with Gasteiger partial charge in [-0.3, -0.25) is 0 Å². The van der Waals surface area contributed by atoms with E-state index in [9.17, 15) is 4.79 Å². The molecule has 110 valence electrons. The number of carbonyl (C=O) groups is 1. The van der Waals surface area contributed by atoms with Gasteiger partial charge in [-0.15, -0.1) is 0 Å². The number of rotatable bonds is 3. The lowest BCUT2D eigenvalue weighted by molar-refractivity contribution is 0.134. The van der Waals surface area contributed by atoms with E-state index in [-0.39, 0.29) is 24.1 Å². The van der Waals surface area contributed by atoms with Crippen LogP contribution in [0.1, 0.15) is 53.4 Å². The highest BCUT2D eigenvalue weighted by atomic mass is 16.3. The van der Waals surface area contributed by atoms with Crippen LogP contribution in [0, 0.1) is 5.41 Å². The van der Waals surface area contributed by atoms with Gasteiger partial charge in [0.1, 0.15) is 0 Å². The predicted molar refractivity (Wildman–Crippen MR) is 77.8 cm³/mol. The fourth-order valence-corrected chi connectivity index (χ4v) is 2.19. The summed E-state index contributed by atoms with van der Waals surface area (Å²) in [5.41, 5.74) is 1.22. The van der Waals surface area contributed by atoms with Crippen molar-refractivity contribution < 1.29 is 9.90 Å². The van der Waals surface area contributed by atoms with E-state index in [1.807, 2.05) is 18.0 Å². The van der Waals surface area contributed by atoms with Gasteiger partial charge in [-0.1, -0.05) is 26.3 Å². The molecule has 1 aliphatic rings. The Kier molecular flexibility index (Phi) is 5.85. The summed E-state index contributed by atoms with van der Waals surface area (Å²) in [6, 6.07) is 0.142. The molecule has 1 unspecified atom stereocenters. The summed E-state index contributed by atoms with van der Waals surface area (Å²) in [5, 5.41) is 12.0. The zero-order valence-corrected chi connectivity index (χ0v) is 12.7. The van der Waals surface area contributed by atoms with E-state index < -0.39 is 0 Å². The SMILES string of the molecule is C/C(=C\NC(=O)N1CCCCC1CCO)C(C)(C)C. The fourth-order valence-electron chi connectivity index (χ4n) is 2.19. The molecule has 1 fully saturated rings. The van der Waals surface area contributed by atoms with Crippen molar-refractivity contribution in [1.29, 1.82) is 0 Å². The minimum atomic E-state index is -0.0400. The van der Waals surface area contributed by atoms with E-state index in [0.717, 1.165) is 31.4 Å². The Morgan fingerprint density at radius 2 is 2.11 bits per heavy atom. The second kappa shape index (κ2) is 6.94. The van der Waals surface area contributed by atoms with Gasteiger partial charge in [0.2, 0.25) is 0 Å². The quantitative estimate of drug-likeness (QED) is 0.827. The Morgan fingerprint density at radius 1 is 1.42 bits per heavy atom. The van der Waals surface area contributed by atoms with E-state index in [1.54, 1.807) is 0 Å². The summed E-state index contributed by atoms with van der Waals surface area (Å²) in [7, 11) is 0. The van der Waals surface area contributed by atoms with Crippen molar-refractivity contribution in [3.8, 4) is 0 Å². The molecule has 1 heterocycles. The molecule has 4 nitrogen and oxygen atoms in total. The molecule has 0 radical (unpaired) electrons. The van der Waals surface area contributed by atoms with Gasteiger partial charge in [0.25, 0.3) is 0 Å². The molecule has 1 rings (SSSR count). The van der Waals surface area contributed by atoms with Crippen LogP contribution in [0.15, 0.2) is 11.8 Å². The Morgan fingerprint density at radius 3 is 2.68 bits per heavy atom. The third-order valence-electron chi connectivity index (χ3n) is 3.95. The second-order valence-corrected chi connectivity index (χ2v) is 6.38. The average molecular weight is 268 g/mol. The van der Waals surface area contributed by atoms with Crippen LogP contribution in [0.2, 0.25) is 0 Å². The Balaban J connectivity index is 2.60. The monoisotopic (exact) mass is 268 g/mol. The largest absolute Gasteiger partial charge is 0.396 e. The molecule has 0 aromatic heterocycles. The Labute approximate surface area is 116 Å². The summed E-state index contributed by atoms with van der Waals surface area (Å²) in [4.78, 5) is 14.1. The lowest BCUT2D eigenvalue weighted by Crippen LogP contribution is -2.47. The number of aliphatic hydroxyl groups is 1. The van der Waals surface area contributed by atoms with Crippen molar-refractivity contribution >= 4 is 6.03 Å². The number of nitrogens with one attached hydrogen (secondary N) is 1. The summed E-state index contributed by atoms with van der Waals surface area (Å²) in [6.07, 6.45) is 5.68. The van der Waals surface area contributed by atoms with E-state index in [2.05, 4.69) is 26.1 Å². The van der Waals surface area contributed by atoms with E-state index >= 15 is 0 Å². The Hall–Kier alpha value is -1.03. The first-order valence-electron chi connectivity index (χ1n) is 7.21. The van der Waals surface area contributed by atoms with Gasteiger partial charge in [0.05, 0.1) is 0 Å². The highest BCUT2D eigenvalue weighted by Gasteiger charge is 2.25. The lowest BCUT2D eigenvalue weighted by atomic mass is 9.88. The Bertz CT molecular complexity index is 330. The maximum Gasteiger partial charge on any atom is 0.321 e. The number of piperidine rings is 1. The zero-order valence-electron chi connectivity index (χ0n) is 12.7. The number of hydrogen-bond donors (Lipinski definition) is 2. The number of amides is 2. The molecule has 2 N–H and O–H groups in total. The molecule has 1 atom stereocenters. The minimum absolute atomic E-state index is 0.0400. The number of nitrogens with zero attached hydrogens (tertiary/aromatic N) is 1. The molecule has 0 saturated carbocycles. The van der Waals surface area contributed by atoms with E-state index in [0.29, 0.717) is 6.42 Å². The first kappa shape index (κ1) is 16.0. The molecule has 2 amide bonds. The summed E-state index contributed by atoms with van der Waals surface area (Å²) < 4.78 is 0. The molecule has 0 bridgehead atoms. The van der Waals surface area contributed by atoms with Gasteiger partial charge in [-0.05, 0) is 38.0 Å². The fraction of sp³-hybridized carbons (Fsp3) is 0.800. The van der Waals surface area contributed by atoms with Crippen LogP contribution < -0.4 is 5.32 Å². The van der Waals surface area contributed by atoms with Crippen molar-refractivity contribution in [2.24, 2.45) is 5.41 Å². The summed E-state index contributed by atoms with van der Waals surface area (Å²) in [6.45, 7) is 9.34.